The van der Waals surface area contributed by atoms with Crippen LogP contribution in [0.5, 0.6) is 0 Å². The van der Waals surface area contributed by atoms with E-state index in [1.54, 1.807) is 22.3 Å². The van der Waals surface area contributed by atoms with Gasteiger partial charge in [0.15, 0.2) is 6.10 Å². The predicted octanol–water partition coefficient (Wildman–Crippen LogP) is 2.41. The van der Waals surface area contributed by atoms with Crippen LogP contribution in [0.4, 0.5) is 0 Å². The summed E-state index contributed by atoms with van der Waals surface area (Å²) in [6.07, 6.45) is 0.659. The van der Waals surface area contributed by atoms with Crippen LogP contribution in [0, 0.1) is 0 Å². The minimum absolute atomic E-state index is 0.0836. The van der Waals surface area contributed by atoms with Gasteiger partial charge in [-0.25, -0.2) is 4.79 Å². The van der Waals surface area contributed by atoms with Crippen molar-refractivity contribution in [2.24, 2.45) is 0 Å². The Morgan fingerprint density at radius 3 is 3.00 bits per heavy atom. The highest BCUT2D eigenvalue weighted by molar-refractivity contribution is 7.10. The average molecular weight is 313 g/mol. The van der Waals surface area contributed by atoms with E-state index in [4.69, 9.17) is 4.74 Å². The fraction of sp³-hybridized carbons (Fsp3) is 0.294. The van der Waals surface area contributed by atoms with Crippen molar-refractivity contribution in [3.8, 4) is 0 Å². The Hall–Kier alpha value is -2.14. The lowest BCUT2D eigenvalue weighted by Crippen LogP contribution is -2.46. The normalized spacial score (nSPS) is 20.1. The van der Waals surface area contributed by atoms with Crippen LogP contribution in [0.2, 0.25) is 0 Å². The van der Waals surface area contributed by atoms with Gasteiger partial charge in [0.25, 0.3) is 5.91 Å². The molecule has 5 heteroatoms. The van der Waals surface area contributed by atoms with E-state index in [-0.39, 0.29) is 5.91 Å². The lowest BCUT2D eigenvalue weighted by molar-refractivity contribution is -0.142. The van der Waals surface area contributed by atoms with Crippen molar-refractivity contribution >= 4 is 23.2 Å². The molecule has 0 bridgehead atoms. The van der Waals surface area contributed by atoms with Gasteiger partial charge >= 0.3 is 5.97 Å². The summed E-state index contributed by atoms with van der Waals surface area (Å²) in [5, 5.41) is 2.07. The number of hydrogen-bond acceptors (Lipinski definition) is 4. The molecule has 4 nitrogen and oxygen atoms in total. The van der Waals surface area contributed by atoms with Crippen LogP contribution in [0.25, 0.3) is 0 Å². The second-order valence-corrected chi connectivity index (χ2v) is 6.63. The molecule has 112 valence electrons. The molecule has 1 unspecified atom stereocenters. The van der Waals surface area contributed by atoms with Crippen molar-refractivity contribution < 1.29 is 14.3 Å². The Kier molecular flexibility index (Phi) is 3.22. The minimum Gasteiger partial charge on any atom is -0.448 e. The van der Waals surface area contributed by atoms with Crippen LogP contribution >= 0.6 is 11.3 Å². The molecule has 0 aliphatic carbocycles. The Morgan fingerprint density at radius 1 is 1.23 bits per heavy atom. The molecular weight excluding hydrogens is 298 g/mol. The van der Waals surface area contributed by atoms with Gasteiger partial charge in [-0.2, -0.15) is 0 Å². The largest absolute Gasteiger partial charge is 0.448 e. The molecule has 0 saturated carbocycles. The second-order valence-electron chi connectivity index (χ2n) is 5.63. The van der Waals surface area contributed by atoms with Gasteiger partial charge in [0, 0.05) is 24.4 Å². The molecule has 4 rings (SSSR count). The molecule has 3 heterocycles. The number of thiophene rings is 1. The molecular formula is C17H15NO3S. The smallest absolute Gasteiger partial charge is 0.339 e. The SMILES string of the molecule is O=C1OC(C(=O)N2CCc3sccc3C2)Cc2ccccc21. The van der Waals surface area contributed by atoms with E-state index in [1.165, 1.54) is 10.4 Å². The van der Waals surface area contributed by atoms with E-state index in [1.807, 2.05) is 18.2 Å². The van der Waals surface area contributed by atoms with E-state index in [9.17, 15) is 9.59 Å². The van der Waals surface area contributed by atoms with Crippen LogP contribution in [-0.4, -0.2) is 29.4 Å². The number of carbonyl (C=O) groups is 2. The van der Waals surface area contributed by atoms with Crippen molar-refractivity contribution in [1.82, 2.24) is 4.90 Å². The van der Waals surface area contributed by atoms with Crippen molar-refractivity contribution in [3.63, 3.8) is 0 Å². The summed E-state index contributed by atoms with van der Waals surface area (Å²) in [6, 6.07) is 9.41. The summed E-state index contributed by atoms with van der Waals surface area (Å²) in [5.74, 6) is -0.479. The predicted molar refractivity (Wildman–Crippen MR) is 82.8 cm³/mol. The molecule has 0 spiro atoms. The van der Waals surface area contributed by atoms with Crippen LogP contribution in [-0.2, 0) is 28.9 Å². The molecule has 0 fully saturated rings. The van der Waals surface area contributed by atoms with Crippen LogP contribution in [0.15, 0.2) is 35.7 Å². The average Bonchev–Trinajstić information content (AvgIpc) is 3.01. The number of hydrogen-bond donors (Lipinski definition) is 0. The topological polar surface area (TPSA) is 46.6 Å². The molecule has 1 atom stereocenters. The maximum absolute atomic E-state index is 12.7. The molecule has 2 aliphatic heterocycles. The van der Waals surface area contributed by atoms with Crippen LogP contribution in [0.3, 0.4) is 0 Å². The molecule has 0 saturated heterocycles. The van der Waals surface area contributed by atoms with E-state index in [0.717, 1.165) is 12.0 Å². The van der Waals surface area contributed by atoms with Crippen molar-refractivity contribution in [2.45, 2.75) is 25.5 Å². The van der Waals surface area contributed by atoms with Gasteiger partial charge in [-0.1, -0.05) is 18.2 Å². The number of cyclic esters (lactones) is 1. The monoisotopic (exact) mass is 313 g/mol. The summed E-state index contributed by atoms with van der Waals surface area (Å²) >= 11 is 1.74. The molecule has 0 radical (unpaired) electrons. The van der Waals surface area contributed by atoms with Gasteiger partial charge in [0.1, 0.15) is 0 Å². The Labute approximate surface area is 132 Å². The summed E-state index contributed by atoms with van der Waals surface area (Å²) in [4.78, 5) is 27.9. The standard InChI is InChI=1S/C17H15NO3S/c19-16(18-7-5-15-12(10-18)6-8-22-15)14-9-11-3-1-2-4-13(11)17(20)21-14/h1-4,6,8,14H,5,7,9-10H2. The van der Waals surface area contributed by atoms with Gasteiger partial charge in [0.2, 0.25) is 0 Å². The van der Waals surface area contributed by atoms with Gasteiger partial charge in [-0.15, -0.1) is 11.3 Å². The molecule has 22 heavy (non-hydrogen) atoms. The van der Waals surface area contributed by atoms with Crippen molar-refractivity contribution in [1.29, 1.82) is 0 Å². The zero-order valence-corrected chi connectivity index (χ0v) is 12.8. The fourth-order valence-corrected chi connectivity index (χ4v) is 4.00. The third kappa shape index (κ3) is 2.22. The second kappa shape index (κ2) is 5.25. The first-order valence-corrected chi connectivity index (χ1v) is 8.23. The number of nitrogens with zero attached hydrogens (tertiary/aromatic N) is 1. The highest BCUT2D eigenvalue weighted by Crippen LogP contribution is 2.27. The zero-order chi connectivity index (χ0) is 15.1. The molecule has 2 aromatic rings. The molecule has 0 N–H and O–H groups in total. The third-order valence-corrected chi connectivity index (χ3v) is 5.31. The van der Waals surface area contributed by atoms with Crippen LogP contribution in [0.1, 0.15) is 26.4 Å². The maximum Gasteiger partial charge on any atom is 0.339 e. The highest BCUT2D eigenvalue weighted by atomic mass is 32.1. The van der Waals surface area contributed by atoms with Gasteiger partial charge in [0.05, 0.1) is 5.56 Å². The Bertz CT molecular complexity index is 752. The fourth-order valence-electron chi connectivity index (χ4n) is 3.11. The van der Waals surface area contributed by atoms with E-state index < -0.39 is 12.1 Å². The lowest BCUT2D eigenvalue weighted by Gasteiger charge is -2.32. The molecule has 1 aromatic carbocycles. The van der Waals surface area contributed by atoms with E-state index in [2.05, 4.69) is 11.4 Å². The molecule has 1 aromatic heterocycles. The third-order valence-electron chi connectivity index (χ3n) is 4.29. The number of esters is 1. The van der Waals surface area contributed by atoms with Crippen molar-refractivity contribution in [2.75, 3.05) is 6.54 Å². The Morgan fingerprint density at radius 2 is 2.09 bits per heavy atom. The Balaban J connectivity index is 1.54. The first-order chi connectivity index (χ1) is 10.7. The number of ether oxygens (including phenoxy) is 1. The first-order valence-electron chi connectivity index (χ1n) is 7.35. The number of amides is 1. The van der Waals surface area contributed by atoms with Crippen molar-refractivity contribution in [3.05, 3.63) is 57.3 Å². The van der Waals surface area contributed by atoms with Crippen LogP contribution < -0.4 is 0 Å². The highest BCUT2D eigenvalue weighted by Gasteiger charge is 2.34. The van der Waals surface area contributed by atoms with E-state index >= 15 is 0 Å². The molecule has 2 aliphatic rings. The quantitative estimate of drug-likeness (QED) is 0.760. The van der Waals surface area contributed by atoms with Gasteiger partial charge < -0.3 is 9.64 Å². The lowest BCUT2D eigenvalue weighted by atomic mass is 9.97. The summed E-state index contributed by atoms with van der Waals surface area (Å²) in [6.45, 7) is 1.31. The minimum atomic E-state index is -0.692. The number of benzene rings is 1. The van der Waals surface area contributed by atoms with Gasteiger partial charge in [-0.3, -0.25) is 4.79 Å². The first kappa shape index (κ1) is 13.5. The zero-order valence-electron chi connectivity index (χ0n) is 12.0. The number of carbonyl (C=O) groups excluding carboxylic acids is 2. The number of fused-ring (bicyclic) bond motifs is 2. The summed E-state index contributed by atoms with van der Waals surface area (Å²) in [5.41, 5.74) is 2.68. The maximum atomic E-state index is 12.7. The van der Waals surface area contributed by atoms with E-state index in [0.29, 0.717) is 25.1 Å². The summed E-state index contributed by atoms with van der Waals surface area (Å²) < 4.78 is 5.37. The number of rotatable bonds is 1. The summed E-state index contributed by atoms with van der Waals surface area (Å²) in [7, 11) is 0. The molecule has 1 amide bonds. The van der Waals surface area contributed by atoms with Gasteiger partial charge in [-0.05, 0) is 35.1 Å².